The van der Waals surface area contributed by atoms with Crippen LogP contribution in [0.2, 0.25) is 0 Å². The van der Waals surface area contributed by atoms with Crippen LogP contribution in [-0.2, 0) is 9.53 Å². The zero-order valence-corrected chi connectivity index (χ0v) is 16.5. The molecule has 0 aromatic heterocycles. The fourth-order valence-corrected chi connectivity index (χ4v) is 1.95. The maximum atomic E-state index is 11.6. The second kappa shape index (κ2) is 8.95. The number of fused-ring (bicyclic) bond motifs is 1. The molecule has 1 heterocycles. The van der Waals surface area contributed by atoms with Crippen molar-refractivity contribution < 1.29 is 19.0 Å². The van der Waals surface area contributed by atoms with Crippen LogP contribution in [0.15, 0.2) is 23.2 Å². The van der Waals surface area contributed by atoms with Gasteiger partial charge in [-0.2, -0.15) is 0 Å². The van der Waals surface area contributed by atoms with Gasteiger partial charge in [-0.05, 0) is 32.9 Å². The predicted octanol–water partition coefficient (Wildman–Crippen LogP) is 2.53. The molecule has 0 atom stereocenters. The van der Waals surface area contributed by atoms with Gasteiger partial charge >= 0.3 is 5.97 Å². The van der Waals surface area contributed by atoms with Crippen LogP contribution in [0.5, 0.6) is 11.5 Å². The third-order valence-electron chi connectivity index (χ3n) is 2.82. The van der Waals surface area contributed by atoms with Gasteiger partial charge in [0.05, 0.1) is 13.2 Å². The van der Waals surface area contributed by atoms with Crippen molar-refractivity contribution in [2.24, 2.45) is 10.7 Å². The van der Waals surface area contributed by atoms with Gasteiger partial charge in [-0.25, -0.2) is 4.99 Å². The minimum atomic E-state index is -0.539. The van der Waals surface area contributed by atoms with E-state index in [0.29, 0.717) is 30.4 Å². The second-order valence-electron chi connectivity index (χ2n) is 6.12. The molecule has 7 nitrogen and oxygen atoms in total. The lowest BCUT2D eigenvalue weighted by Gasteiger charge is -2.18. The first kappa shape index (κ1) is 20.3. The van der Waals surface area contributed by atoms with E-state index in [1.807, 2.05) is 12.1 Å². The molecule has 0 bridgehead atoms. The van der Waals surface area contributed by atoms with Gasteiger partial charge in [0.25, 0.3) is 0 Å². The Morgan fingerprint density at radius 1 is 1.29 bits per heavy atom. The lowest BCUT2D eigenvalue weighted by Crippen LogP contribution is -2.28. The fraction of sp³-hybridized carbons (Fsp3) is 0.500. The van der Waals surface area contributed by atoms with Crippen LogP contribution in [0.4, 0.5) is 5.69 Å². The Labute approximate surface area is 159 Å². The molecule has 1 aliphatic rings. The summed E-state index contributed by atoms with van der Waals surface area (Å²) in [6.45, 7) is 6.51. The van der Waals surface area contributed by atoms with Gasteiger partial charge in [0.2, 0.25) is 0 Å². The molecule has 0 aliphatic carbocycles. The predicted molar refractivity (Wildman–Crippen MR) is 103 cm³/mol. The third kappa shape index (κ3) is 6.81. The molecular formula is C16H24IN3O4. The largest absolute Gasteiger partial charge is 0.490 e. The van der Waals surface area contributed by atoms with Gasteiger partial charge in [-0.15, -0.1) is 24.0 Å². The molecule has 0 spiro atoms. The molecular weight excluding hydrogens is 425 g/mol. The summed E-state index contributed by atoms with van der Waals surface area (Å²) >= 11 is 0. The normalized spacial score (nSPS) is 14.2. The van der Waals surface area contributed by atoms with Crippen molar-refractivity contribution in [3.8, 4) is 11.5 Å². The topological polar surface area (TPSA) is 95.2 Å². The van der Waals surface area contributed by atoms with Gasteiger partial charge in [-0.3, -0.25) is 4.79 Å². The van der Waals surface area contributed by atoms with Crippen molar-refractivity contribution in [2.75, 3.05) is 25.1 Å². The number of esters is 1. The summed E-state index contributed by atoms with van der Waals surface area (Å²) in [6.07, 6.45) is 0.844. The molecule has 0 radical (unpaired) electrons. The Hall–Kier alpha value is -1.71. The number of rotatable bonds is 3. The van der Waals surface area contributed by atoms with Crippen LogP contribution in [0, 0.1) is 0 Å². The minimum absolute atomic E-state index is 0. The molecule has 0 saturated heterocycles. The van der Waals surface area contributed by atoms with Gasteiger partial charge < -0.3 is 25.3 Å². The molecule has 0 fully saturated rings. The Bertz CT molecular complexity index is 599. The number of hydrogen-bond donors (Lipinski definition) is 2. The summed E-state index contributed by atoms with van der Waals surface area (Å²) in [7, 11) is 0. The first-order chi connectivity index (χ1) is 10.8. The summed E-state index contributed by atoms with van der Waals surface area (Å²) in [4.78, 5) is 15.6. The van der Waals surface area contributed by atoms with Gasteiger partial charge in [-0.1, -0.05) is 0 Å². The highest BCUT2D eigenvalue weighted by Crippen LogP contribution is 2.32. The standard InChI is InChI=1S/C16H23N3O4.HI/c1-16(2,3)23-14(20)10-18-15(17)19-11-5-6-12-13(9-11)22-8-4-7-21-12;/h5-6,9H,4,7-8,10H2,1-3H3,(H3,17,18,19);1H. The lowest BCUT2D eigenvalue weighted by molar-refractivity contribution is -0.152. The third-order valence-corrected chi connectivity index (χ3v) is 2.82. The minimum Gasteiger partial charge on any atom is -0.490 e. The molecule has 8 heteroatoms. The summed E-state index contributed by atoms with van der Waals surface area (Å²) in [5.41, 5.74) is 5.95. The number of benzene rings is 1. The highest BCUT2D eigenvalue weighted by Gasteiger charge is 2.16. The van der Waals surface area contributed by atoms with Gasteiger partial charge in [0, 0.05) is 18.2 Å². The second-order valence-corrected chi connectivity index (χ2v) is 6.12. The lowest BCUT2D eigenvalue weighted by atomic mass is 10.2. The molecule has 3 N–H and O–H groups in total. The molecule has 1 aromatic carbocycles. The van der Waals surface area contributed by atoms with Crippen molar-refractivity contribution in [1.29, 1.82) is 0 Å². The van der Waals surface area contributed by atoms with E-state index in [1.165, 1.54) is 0 Å². The number of anilines is 1. The van der Waals surface area contributed by atoms with Crippen LogP contribution >= 0.6 is 24.0 Å². The van der Waals surface area contributed by atoms with E-state index in [2.05, 4.69) is 10.3 Å². The molecule has 1 aromatic rings. The monoisotopic (exact) mass is 449 g/mol. The van der Waals surface area contributed by atoms with Crippen molar-refractivity contribution in [1.82, 2.24) is 0 Å². The molecule has 1 aliphatic heterocycles. The Kier molecular flexibility index (Phi) is 7.59. The summed E-state index contributed by atoms with van der Waals surface area (Å²) in [5.74, 6) is 1.07. The average Bonchev–Trinajstić information content (AvgIpc) is 2.68. The van der Waals surface area contributed by atoms with Crippen molar-refractivity contribution in [2.45, 2.75) is 32.8 Å². The van der Waals surface area contributed by atoms with E-state index in [0.717, 1.165) is 6.42 Å². The smallest absolute Gasteiger partial charge is 0.328 e. The zero-order chi connectivity index (χ0) is 16.9. The van der Waals surface area contributed by atoms with E-state index in [4.69, 9.17) is 19.9 Å². The molecule has 0 saturated carbocycles. The number of nitrogens with one attached hydrogen (secondary N) is 1. The van der Waals surface area contributed by atoms with Crippen LogP contribution in [0.3, 0.4) is 0 Å². The van der Waals surface area contributed by atoms with Crippen LogP contribution in [0.25, 0.3) is 0 Å². The Balaban J connectivity index is 0.00000288. The number of nitrogens with two attached hydrogens (primary N) is 1. The number of carbonyl (C=O) groups excluding carboxylic acids is 1. The summed E-state index contributed by atoms with van der Waals surface area (Å²) in [5, 5.41) is 2.92. The van der Waals surface area contributed by atoms with E-state index in [1.54, 1.807) is 26.8 Å². The fourth-order valence-electron chi connectivity index (χ4n) is 1.95. The average molecular weight is 449 g/mol. The number of aliphatic imine (C=N–C) groups is 1. The molecule has 134 valence electrons. The van der Waals surface area contributed by atoms with E-state index in [9.17, 15) is 4.79 Å². The Morgan fingerprint density at radius 3 is 2.62 bits per heavy atom. The number of ether oxygens (including phenoxy) is 3. The summed E-state index contributed by atoms with van der Waals surface area (Å²) in [6, 6.07) is 5.41. The first-order valence-electron chi connectivity index (χ1n) is 7.52. The first-order valence-corrected chi connectivity index (χ1v) is 7.52. The zero-order valence-electron chi connectivity index (χ0n) is 14.1. The SMILES string of the molecule is CC(C)(C)OC(=O)CN=C(N)Nc1ccc2c(c1)OCCCO2.I. The van der Waals surface area contributed by atoms with Crippen molar-refractivity contribution in [3.63, 3.8) is 0 Å². The van der Waals surface area contributed by atoms with E-state index in [-0.39, 0.29) is 36.5 Å². The number of carbonyl (C=O) groups is 1. The Morgan fingerprint density at radius 2 is 1.96 bits per heavy atom. The number of nitrogens with zero attached hydrogens (tertiary/aromatic N) is 1. The van der Waals surface area contributed by atoms with Crippen LogP contribution in [-0.4, -0.2) is 37.3 Å². The number of guanidine groups is 1. The number of halogens is 1. The highest BCUT2D eigenvalue weighted by molar-refractivity contribution is 14.0. The van der Waals surface area contributed by atoms with Crippen LogP contribution in [0.1, 0.15) is 27.2 Å². The molecule has 0 amide bonds. The number of hydrogen-bond acceptors (Lipinski definition) is 5. The van der Waals surface area contributed by atoms with Crippen molar-refractivity contribution >= 4 is 41.6 Å². The summed E-state index contributed by atoms with van der Waals surface area (Å²) < 4.78 is 16.3. The van der Waals surface area contributed by atoms with E-state index >= 15 is 0 Å². The van der Waals surface area contributed by atoms with E-state index < -0.39 is 11.6 Å². The molecule has 0 unspecified atom stereocenters. The van der Waals surface area contributed by atoms with Gasteiger partial charge in [0.1, 0.15) is 12.1 Å². The maximum Gasteiger partial charge on any atom is 0.328 e. The van der Waals surface area contributed by atoms with Gasteiger partial charge in [0.15, 0.2) is 17.5 Å². The maximum absolute atomic E-state index is 11.6. The molecule has 2 rings (SSSR count). The molecule has 24 heavy (non-hydrogen) atoms. The van der Waals surface area contributed by atoms with Crippen LogP contribution < -0.4 is 20.5 Å². The highest BCUT2D eigenvalue weighted by atomic mass is 127. The van der Waals surface area contributed by atoms with Crippen molar-refractivity contribution in [3.05, 3.63) is 18.2 Å². The quantitative estimate of drug-likeness (QED) is 0.319.